The highest BCUT2D eigenvalue weighted by Crippen LogP contribution is 2.48. The summed E-state index contributed by atoms with van der Waals surface area (Å²) in [7, 11) is 1.47. The zero-order valence-electron chi connectivity index (χ0n) is 13.6. The van der Waals surface area contributed by atoms with Crippen molar-refractivity contribution in [3.63, 3.8) is 0 Å². The van der Waals surface area contributed by atoms with E-state index in [-0.39, 0.29) is 30.8 Å². The van der Waals surface area contributed by atoms with Gasteiger partial charge in [-0.15, -0.1) is 0 Å². The van der Waals surface area contributed by atoms with Crippen LogP contribution in [0.2, 0.25) is 0 Å². The largest absolute Gasteiger partial charge is 0.504 e. The highest BCUT2D eigenvalue weighted by molar-refractivity contribution is 5.80. The van der Waals surface area contributed by atoms with Gasteiger partial charge in [0, 0.05) is 19.6 Å². The molecule has 1 saturated heterocycles. The number of rotatable bonds is 4. The first-order valence-electron chi connectivity index (χ1n) is 8.08. The molecule has 1 aliphatic carbocycles. The highest BCUT2D eigenvalue weighted by atomic mass is 16.5. The van der Waals surface area contributed by atoms with Gasteiger partial charge in [-0.1, -0.05) is 12.5 Å². The highest BCUT2D eigenvalue weighted by Gasteiger charge is 2.55. The van der Waals surface area contributed by atoms with Crippen LogP contribution in [0.15, 0.2) is 18.2 Å². The lowest BCUT2D eigenvalue weighted by molar-refractivity contribution is -0.149. The fourth-order valence-corrected chi connectivity index (χ4v) is 3.93. The van der Waals surface area contributed by atoms with Crippen molar-refractivity contribution in [2.75, 3.05) is 20.2 Å². The Bertz CT molecular complexity index is 662. The second-order valence-electron chi connectivity index (χ2n) is 6.60. The van der Waals surface area contributed by atoms with Crippen molar-refractivity contribution in [2.24, 2.45) is 11.3 Å². The van der Waals surface area contributed by atoms with Crippen LogP contribution >= 0.6 is 0 Å². The third-order valence-corrected chi connectivity index (χ3v) is 5.27. The van der Waals surface area contributed by atoms with Crippen LogP contribution in [-0.4, -0.2) is 47.3 Å². The molecular weight excluding hydrogens is 312 g/mol. The number of hydrogen-bond donors (Lipinski definition) is 3. The second-order valence-corrected chi connectivity index (χ2v) is 6.60. The molecule has 2 fully saturated rings. The number of aliphatic carboxylic acids is 1. The van der Waals surface area contributed by atoms with Crippen LogP contribution in [0.1, 0.15) is 24.8 Å². The maximum absolute atomic E-state index is 12.4. The third-order valence-electron chi connectivity index (χ3n) is 5.27. The number of likely N-dealkylation sites (tertiary alicyclic amines) is 1. The molecule has 0 unspecified atom stereocenters. The molecule has 7 heteroatoms. The minimum atomic E-state index is -0.791. The van der Waals surface area contributed by atoms with Gasteiger partial charge < -0.3 is 25.2 Å². The van der Waals surface area contributed by atoms with Crippen LogP contribution < -0.4 is 10.1 Å². The molecule has 0 radical (unpaired) electrons. The minimum Gasteiger partial charge on any atom is -0.504 e. The number of fused-ring (bicyclic) bond motifs is 1. The quantitative estimate of drug-likeness (QED) is 0.780. The van der Waals surface area contributed by atoms with E-state index < -0.39 is 11.4 Å². The fourth-order valence-electron chi connectivity index (χ4n) is 3.93. The number of carboxylic acid groups (broad SMARTS) is 1. The van der Waals surface area contributed by atoms with E-state index in [4.69, 9.17) is 4.74 Å². The Morgan fingerprint density at radius 3 is 2.88 bits per heavy atom. The Hall–Kier alpha value is -2.44. The van der Waals surface area contributed by atoms with Crippen LogP contribution in [-0.2, 0) is 11.3 Å². The van der Waals surface area contributed by atoms with Gasteiger partial charge in [0.25, 0.3) is 0 Å². The molecule has 0 aromatic heterocycles. The van der Waals surface area contributed by atoms with E-state index in [1.807, 2.05) is 0 Å². The first-order valence-corrected chi connectivity index (χ1v) is 8.08. The monoisotopic (exact) mass is 334 g/mol. The maximum Gasteiger partial charge on any atom is 0.317 e. The first-order chi connectivity index (χ1) is 11.5. The smallest absolute Gasteiger partial charge is 0.317 e. The predicted molar refractivity (Wildman–Crippen MR) is 85.9 cm³/mol. The van der Waals surface area contributed by atoms with Gasteiger partial charge in [-0.25, -0.2) is 4.79 Å². The number of aromatic hydroxyl groups is 1. The van der Waals surface area contributed by atoms with E-state index in [1.165, 1.54) is 13.2 Å². The van der Waals surface area contributed by atoms with Crippen molar-refractivity contribution in [2.45, 2.75) is 25.8 Å². The number of phenolic OH excluding ortho intramolecular Hbond substituents is 1. The van der Waals surface area contributed by atoms with Crippen molar-refractivity contribution in [3.8, 4) is 11.5 Å². The predicted octanol–water partition coefficient (Wildman–Crippen LogP) is 1.80. The summed E-state index contributed by atoms with van der Waals surface area (Å²) in [6.45, 7) is 1.02. The summed E-state index contributed by atoms with van der Waals surface area (Å²) >= 11 is 0. The maximum atomic E-state index is 12.4. The Morgan fingerprint density at radius 1 is 1.46 bits per heavy atom. The number of hydrogen-bond acceptors (Lipinski definition) is 4. The Kier molecular flexibility index (Phi) is 4.26. The summed E-state index contributed by atoms with van der Waals surface area (Å²) in [6.07, 6.45) is 2.42. The van der Waals surface area contributed by atoms with Gasteiger partial charge in [0.1, 0.15) is 0 Å². The van der Waals surface area contributed by atoms with Crippen molar-refractivity contribution >= 4 is 12.0 Å². The van der Waals surface area contributed by atoms with Gasteiger partial charge in [-0.05, 0) is 36.5 Å². The van der Waals surface area contributed by atoms with E-state index >= 15 is 0 Å². The number of nitrogens with zero attached hydrogens (tertiary/aromatic N) is 1. The van der Waals surface area contributed by atoms with Crippen LogP contribution in [0.5, 0.6) is 11.5 Å². The number of carbonyl (C=O) groups is 2. The molecule has 1 aliphatic heterocycles. The normalized spacial score (nSPS) is 25.4. The van der Waals surface area contributed by atoms with Crippen molar-refractivity contribution in [1.29, 1.82) is 0 Å². The number of amides is 2. The average Bonchev–Trinajstić information content (AvgIpc) is 3.11. The number of phenols is 1. The molecule has 0 bridgehead atoms. The molecule has 24 heavy (non-hydrogen) atoms. The van der Waals surface area contributed by atoms with Crippen LogP contribution in [0.25, 0.3) is 0 Å². The first kappa shape index (κ1) is 16.4. The molecule has 1 heterocycles. The SMILES string of the molecule is COc1ccc(CNC(=O)N2C[C@@H]3CCC[C@@]3(C(=O)O)C2)cc1O. The Labute approximate surface area is 140 Å². The lowest BCUT2D eigenvalue weighted by atomic mass is 9.81. The number of carboxylic acids is 1. The number of benzene rings is 1. The zero-order valence-corrected chi connectivity index (χ0v) is 13.6. The summed E-state index contributed by atoms with van der Waals surface area (Å²) in [5, 5.41) is 22.1. The average molecular weight is 334 g/mol. The summed E-state index contributed by atoms with van der Waals surface area (Å²) in [5.74, 6) is -0.350. The molecule has 1 saturated carbocycles. The lowest BCUT2D eigenvalue weighted by Crippen LogP contribution is -2.41. The van der Waals surface area contributed by atoms with Crippen molar-refractivity contribution in [3.05, 3.63) is 23.8 Å². The molecule has 3 N–H and O–H groups in total. The van der Waals surface area contributed by atoms with E-state index in [0.717, 1.165) is 18.4 Å². The fraction of sp³-hybridized carbons (Fsp3) is 0.529. The van der Waals surface area contributed by atoms with Gasteiger partial charge >= 0.3 is 12.0 Å². The third kappa shape index (κ3) is 2.74. The second kappa shape index (κ2) is 6.22. The number of nitrogens with one attached hydrogen (secondary N) is 1. The van der Waals surface area contributed by atoms with Crippen LogP contribution in [0.3, 0.4) is 0 Å². The summed E-state index contributed by atoms with van der Waals surface area (Å²) in [6, 6.07) is 4.67. The zero-order chi connectivity index (χ0) is 17.3. The molecule has 2 amide bonds. The lowest BCUT2D eigenvalue weighted by Gasteiger charge is -2.23. The van der Waals surface area contributed by atoms with Gasteiger partial charge in [0.05, 0.1) is 12.5 Å². The molecule has 1 aromatic rings. The van der Waals surface area contributed by atoms with Gasteiger partial charge in [-0.3, -0.25) is 4.79 Å². The molecule has 2 atom stereocenters. The molecule has 130 valence electrons. The molecule has 0 spiro atoms. The van der Waals surface area contributed by atoms with Crippen LogP contribution in [0.4, 0.5) is 4.79 Å². The number of methoxy groups -OCH3 is 1. The topological polar surface area (TPSA) is 99.1 Å². The number of carbonyl (C=O) groups excluding carboxylic acids is 1. The Morgan fingerprint density at radius 2 is 2.25 bits per heavy atom. The van der Waals surface area contributed by atoms with Gasteiger partial charge in [-0.2, -0.15) is 0 Å². The van der Waals surface area contributed by atoms with E-state index in [9.17, 15) is 19.8 Å². The van der Waals surface area contributed by atoms with Crippen molar-refractivity contribution in [1.82, 2.24) is 10.2 Å². The standard InChI is InChI=1S/C17H22N2O5/c1-24-14-5-4-11(7-13(14)20)8-18-16(23)19-9-12-3-2-6-17(12,10-19)15(21)22/h4-5,7,12,20H,2-3,6,8-10H2,1H3,(H,18,23)(H,21,22)/t12-,17+/m0/s1. The van der Waals surface area contributed by atoms with E-state index in [2.05, 4.69) is 5.32 Å². The number of ether oxygens (including phenoxy) is 1. The molecule has 2 aliphatic rings. The molecule has 3 rings (SSSR count). The van der Waals surface area contributed by atoms with Gasteiger partial charge in [0.15, 0.2) is 11.5 Å². The summed E-state index contributed by atoms with van der Waals surface area (Å²) in [4.78, 5) is 25.6. The molecule has 7 nitrogen and oxygen atoms in total. The van der Waals surface area contributed by atoms with Crippen LogP contribution in [0, 0.1) is 11.3 Å². The number of urea groups is 1. The van der Waals surface area contributed by atoms with E-state index in [1.54, 1.807) is 17.0 Å². The van der Waals surface area contributed by atoms with E-state index in [0.29, 0.717) is 18.7 Å². The molecular formula is C17H22N2O5. The van der Waals surface area contributed by atoms with Crippen molar-refractivity contribution < 1.29 is 24.5 Å². The Balaban J connectivity index is 1.60. The molecule has 1 aromatic carbocycles. The minimum absolute atomic E-state index is 0.0183. The summed E-state index contributed by atoms with van der Waals surface area (Å²) < 4.78 is 4.98. The van der Waals surface area contributed by atoms with Gasteiger partial charge in [0.2, 0.25) is 0 Å². The summed E-state index contributed by atoms with van der Waals surface area (Å²) in [5.41, 5.74) is -0.0237.